The lowest BCUT2D eigenvalue weighted by atomic mass is 10.0. The lowest BCUT2D eigenvalue weighted by molar-refractivity contribution is 0.0693. The molecule has 120 valence electrons. The number of carboxylic acids is 1. The first-order valence-electron chi connectivity index (χ1n) is 6.80. The van der Waals surface area contributed by atoms with Crippen molar-refractivity contribution in [2.24, 2.45) is 0 Å². The van der Waals surface area contributed by atoms with Gasteiger partial charge in [0.2, 0.25) is 0 Å². The van der Waals surface area contributed by atoms with Crippen molar-refractivity contribution in [1.82, 2.24) is 4.98 Å². The van der Waals surface area contributed by atoms with E-state index >= 15 is 0 Å². The van der Waals surface area contributed by atoms with E-state index in [0.29, 0.717) is 28.3 Å². The van der Waals surface area contributed by atoms with E-state index in [9.17, 15) is 15.0 Å². The average Bonchev–Trinajstić information content (AvgIpc) is 2.55. The van der Waals surface area contributed by atoms with Crippen LogP contribution < -0.4 is 9.47 Å². The molecule has 1 aromatic heterocycles. The smallest absolute Gasteiger partial charge is 0.340 e. The van der Waals surface area contributed by atoms with E-state index in [4.69, 9.17) is 9.47 Å². The standard InChI is InChI=1S/C17H17NO5/c1-10-14(23-3)8-11(15(16(10)19)17(20)21)4-5-12-9-13(22-2)6-7-18-12/h4-9,19H,1-3H3,(H,20,21). The van der Waals surface area contributed by atoms with Crippen molar-refractivity contribution < 1.29 is 24.5 Å². The first-order valence-corrected chi connectivity index (χ1v) is 6.80. The van der Waals surface area contributed by atoms with Crippen molar-refractivity contribution in [3.8, 4) is 17.2 Å². The van der Waals surface area contributed by atoms with Crippen molar-refractivity contribution in [3.05, 3.63) is 46.8 Å². The van der Waals surface area contributed by atoms with Crippen LogP contribution in [-0.4, -0.2) is 35.4 Å². The van der Waals surface area contributed by atoms with Gasteiger partial charge in [-0.1, -0.05) is 6.08 Å². The number of aromatic nitrogens is 1. The van der Waals surface area contributed by atoms with Gasteiger partial charge in [-0.2, -0.15) is 0 Å². The van der Waals surface area contributed by atoms with Crippen molar-refractivity contribution >= 4 is 18.1 Å². The number of aromatic carboxylic acids is 1. The zero-order valence-corrected chi connectivity index (χ0v) is 13.0. The molecule has 6 heteroatoms. The molecule has 0 fully saturated rings. The Morgan fingerprint density at radius 3 is 2.57 bits per heavy atom. The minimum atomic E-state index is -1.22. The molecule has 6 nitrogen and oxygen atoms in total. The molecule has 0 aliphatic rings. The molecule has 0 atom stereocenters. The summed E-state index contributed by atoms with van der Waals surface area (Å²) in [7, 11) is 3.01. The summed E-state index contributed by atoms with van der Waals surface area (Å²) in [5.41, 5.74) is 1.12. The van der Waals surface area contributed by atoms with Crippen LogP contribution in [0.5, 0.6) is 17.2 Å². The highest BCUT2D eigenvalue weighted by Gasteiger charge is 2.19. The summed E-state index contributed by atoms with van der Waals surface area (Å²) in [5, 5.41) is 19.5. The van der Waals surface area contributed by atoms with Gasteiger partial charge in [-0.15, -0.1) is 0 Å². The third kappa shape index (κ3) is 3.42. The number of aromatic hydroxyl groups is 1. The second kappa shape index (κ2) is 6.83. The lowest BCUT2D eigenvalue weighted by Crippen LogP contribution is -2.03. The highest BCUT2D eigenvalue weighted by molar-refractivity contribution is 5.97. The van der Waals surface area contributed by atoms with Crippen molar-refractivity contribution in [1.29, 1.82) is 0 Å². The van der Waals surface area contributed by atoms with E-state index in [1.165, 1.54) is 7.11 Å². The molecule has 2 rings (SSSR count). The van der Waals surface area contributed by atoms with Gasteiger partial charge in [0.1, 0.15) is 22.8 Å². The van der Waals surface area contributed by atoms with Gasteiger partial charge in [0, 0.05) is 17.8 Å². The molecule has 0 aliphatic carbocycles. The van der Waals surface area contributed by atoms with Gasteiger partial charge in [-0.3, -0.25) is 4.98 Å². The zero-order valence-electron chi connectivity index (χ0n) is 13.0. The van der Waals surface area contributed by atoms with Crippen LogP contribution in [0.25, 0.3) is 12.2 Å². The number of hydrogen-bond donors (Lipinski definition) is 2. The van der Waals surface area contributed by atoms with Crippen molar-refractivity contribution in [3.63, 3.8) is 0 Å². The first-order chi connectivity index (χ1) is 11.0. The topological polar surface area (TPSA) is 88.9 Å². The molecule has 1 aromatic carbocycles. The summed E-state index contributed by atoms with van der Waals surface area (Å²) in [6.45, 7) is 1.59. The van der Waals surface area contributed by atoms with Gasteiger partial charge < -0.3 is 19.7 Å². The van der Waals surface area contributed by atoms with Crippen LogP contribution in [0.15, 0.2) is 24.4 Å². The molecule has 0 bridgehead atoms. The van der Waals surface area contributed by atoms with Crippen LogP contribution in [-0.2, 0) is 0 Å². The van der Waals surface area contributed by atoms with E-state index < -0.39 is 5.97 Å². The molecule has 2 N–H and O–H groups in total. The fourth-order valence-electron chi connectivity index (χ4n) is 2.15. The molecule has 1 heterocycles. The Morgan fingerprint density at radius 2 is 1.96 bits per heavy atom. The maximum absolute atomic E-state index is 11.4. The fraction of sp³-hybridized carbons (Fsp3) is 0.176. The van der Waals surface area contributed by atoms with E-state index in [-0.39, 0.29) is 11.3 Å². The number of rotatable bonds is 5. The predicted octanol–water partition coefficient (Wildman–Crippen LogP) is 2.98. The predicted molar refractivity (Wildman–Crippen MR) is 86.1 cm³/mol. The molecular weight excluding hydrogens is 298 g/mol. The number of ether oxygens (including phenoxy) is 2. The third-order valence-electron chi connectivity index (χ3n) is 3.39. The van der Waals surface area contributed by atoms with E-state index in [1.807, 2.05) is 0 Å². The van der Waals surface area contributed by atoms with Gasteiger partial charge >= 0.3 is 5.97 Å². The second-order valence-electron chi connectivity index (χ2n) is 4.78. The molecule has 0 radical (unpaired) electrons. The van der Waals surface area contributed by atoms with Crippen LogP contribution in [0.1, 0.15) is 27.2 Å². The third-order valence-corrected chi connectivity index (χ3v) is 3.39. The second-order valence-corrected chi connectivity index (χ2v) is 4.78. The summed E-state index contributed by atoms with van der Waals surface area (Å²) in [5.74, 6) is -0.477. The number of carboxylic acid groups (broad SMARTS) is 1. The average molecular weight is 315 g/mol. The molecule has 0 spiro atoms. The van der Waals surface area contributed by atoms with Crippen LogP contribution in [0.2, 0.25) is 0 Å². The summed E-state index contributed by atoms with van der Waals surface area (Å²) >= 11 is 0. The Labute approximate surface area is 133 Å². The van der Waals surface area contributed by atoms with Crippen LogP contribution in [0.4, 0.5) is 0 Å². The van der Waals surface area contributed by atoms with Gasteiger partial charge in [0.05, 0.1) is 19.9 Å². The zero-order chi connectivity index (χ0) is 17.0. The van der Waals surface area contributed by atoms with E-state index in [2.05, 4.69) is 4.98 Å². The van der Waals surface area contributed by atoms with Gasteiger partial charge in [-0.05, 0) is 30.7 Å². The Bertz CT molecular complexity index is 768. The maximum Gasteiger partial charge on any atom is 0.340 e. The number of pyridine rings is 1. The molecule has 0 amide bonds. The van der Waals surface area contributed by atoms with Gasteiger partial charge in [0.15, 0.2) is 0 Å². The number of methoxy groups -OCH3 is 2. The molecule has 0 saturated carbocycles. The minimum absolute atomic E-state index is 0.178. The summed E-state index contributed by atoms with van der Waals surface area (Å²) < 4.78 is 10.3. The first kappa shape index (κ1) is 16.4. The van der Waals surface area contributed by atoms with E-state index in [0.717, 1.165) is 0 Å². The number of nitrogens with zero attached hydrogens (tertiary/aromatic N) is 1. The lowest BCUT2D eigenvalue weighted by Gasteiger charge is -2.12. The maximum atomic E-state index is 11.4. The molecule has 23 heavy (non-hydrogen) atoms. The van der Waals surface area contributed by atoms with Crippen LogP contribution in [0.3, 0.4) is 0 Å². The quantitative estimate of drug-likeness (QED) is 0.881. The minimum Gasteiger partial charge on any atom is -0.507 e. The van der Waals surface area contributed by atoms with Crippen molar-refractivity contribution in [2.45, 2.75) is 6.92 Å². The van der Waals surface area contributed by atoms with Crippen LogP contribution >= 0.6 is 0 Å². The number of benzene rings is 1. The monoisotopic (exact) mass is 315 g/mol. The molecule has 0 saturated heterocycles. The van der Waals surface area contributed by atoms with E-state index in [1.54, 1.807) is 50.6 Å². The Morgan fingerprint density at radius 1 is 1.22 bits per heavy atom. The molecule has 0 aliphatic heterocycles. The number of hydrogen-bond acceptors (Lipinski definition) is 5. The SMILES string of the molecule is COc1ccnc(C=Cc2cc(OC)c(C)c(O)c2C(=O)O)c1. The fourth-order valence-corrected chi connectivity index (χ4v) is 2.15. The highest BCUT2D eigenvalue weighted by Crippen LogP contribution is 2.34. The van der Waals surface area contributed by atoms with Crippen LogP contribution in [0, 0.1) is 6.92 Å². The largest absolute Gasteiger partial charge is 0.507 e. The normalized spacial score (nSPS) is 10.7. The summed E-state index contributed by atoms with van der Waals surface area (Å²) in [4.78, 5) is 15.6. The number of phenols is 1. The Hall–Kier alpha value is -3.02. The van der Waals surface area contributed by atoms with Gasteiger partial charge in [0.25, 0.3) is 0 Å². The summed E-state index contributed by atoms with van der Waals surface area (Å²) in [6.07, 6.45) is 4.79. The Kier molecular flexibility index (Phi) is 4.85. The van der Waals surface area contributed by atoms with Gasteiger partial charge in [-0.25, -0.2) is 4.79 Å². The molecule has 2 aromatic rings. The molecule has 0 unspecified atom stereocenters. The Balaban J connectivity index is 2.51. The highest BCUT2D eigenvalue weighted by atomic mass is 16.5. The molecular formula is C17H17NO5. The number of carbonyl (C=O) groups is 1. The van der Waals surface area contributed by atoms with Crippen molar-refractivity contribution in [2.75, 3.05) is 14.2 Å². The summed E-state index contributed by atoms with van der Waals surface area (Å²) in [6, 6.07) is 4.98.